The molecule has 0 aliphatic rings. The quantitative estimate of drug-likeness (QED) is 0.457. The summed E-state index contributed by atoms with van der Waals surface area (Å²) >= 11 is 6.40. The fourth-order valence-electron chi connectivity index (χ4n) is 2.66. The van der Waals surface area contributed by atoms with Gasteiger partial charge < -0.3 is 19.9 Å². The van der Waals surface area contributed by atoms with Crippen LogP contribution in [0.2, 0.25) is 5.02 Å². The number of hydrogen-bond acceptors (Lipinski definition) is 4. The second-order valence-electron chi connectivity index (χ2n) is 6.18. The normalized spacial score (nSPS) is 10.4. The summed E-state index contributed by atoms with van der Waals surface area (Å²) < 4.78 is 25.2. The molecule has 0 heterocycles. The second-order valence-corrected chi connectivity index (χ2v) is 6.59. The standard InChI is InChI=1S/C21H27ClFNO3.ClH/c1-2-26-20-13-16(14-24-10-6-3-7-11-25)12-18(22)21(20)27-15-17-8-4-5-9-19(17)23;/h4-5,8-9,12-13,24-25H,2-3,6-7,10-11,14-15H2,1H3;1H. The van der Waals surface area contributed by atoms with Crippen molar-refractivity contribution in [2.75, 3.05) is 19.8 Å². The summed E-state index contributed by atoms with van der Waals surface area (Å²) in [7, 11) is 0. The highest BCUT2D eigenvalue weighted by atomic mass is 35.5. The molecule has 2 aromatic carbocycles. The van der Waals surface area contributed by atoms with Gasteiger partial charge in [-0.2, -0.15) is 0 Å². The average Bonchev–Trinajstić information content (AvgIpc) is 2.65. The van der Waals surface area contributed by atoms with Crippen LogP contribution in [0.3, 0.4) is 0 Å². The minimum atomic E-state index is -0.311. The van der Waals surface area contributed by atoms with Gasteiger partial charge in [0.2, 0.25) is 0 Å². The third-order valence-corrected chi connectivity index (χ3v) is 4.32. The van der Waals surface area contributed by atoms with Crippen molar-refractivity contribution in [1.82, 2.24) is 5.32 Å². The summed E-state index contributed by atoms with van der Waals surface area (Å²) in [5.41, 5.74) is 1.45. The first kappa shape index (κ1) is 24.5. The number of unbranched alkanes of at least 4 members (excludes halogenated alkanes) is 2. The number of rotatable bonds is 12. The molecule has 4 nitrogen and oxygen atoms in total. The molecule has 7 heteroatoms. The molecule has 2 rings (SSSR count). The third-order valence-electron chi connectivity index (χ3n) is 4.04. The van der Waals surface area contributed by atoms with Crippen molar-refractivity contribution in [3.8, 4) is 11.5 Å². The van der Waals surface area contributed by atoms with Crippen LogP contribution in [0.5, 0.6) is 11.5 Å². The molecular weight excluding hydrogens is 404 g/mol. The van der Waals surface area contributed by atoms with Gasteiger partial charge in [0.15, 0.2) is 11.5 Å². The highest BCUT2D eigenvalue weighted by Crippen LogP contribution is 2.37. The first-order valence-electron chi connectivity index (χ1n) is 9.28. The molecule has 0 saturated carbocycles. The van der Waals surface area contributed by atoms with Gasteiger partial charge in [0, 0.05) is 18.7 Å². The lowest BCUT2D eigenvalue weighted by molar-refractivity contribution is 0.265. The average molecular weight is 432 g/mol. The largest absolute Gasteiger partial charge is 0.490 e. The molecule has 0 unspecified atom stereocenters. The Morgan fingerprint density at radius 1 is 1.11 bits per heavy atom. The zero-order valence-electron chi connectivity index (χ0n) is 16.0. The van der Waals surface area contributed by atoms with E-state index in [0.717, 1.165) is 31.4 Å². The first-order valence-corrected chi connectivity index (χ1v) is 9.66. The Bertz CT molecular complexity index is 716. The Hall–Kier alpha value is -1.53. The molecule has 0 spiro atoms. The van der Waals surface area contributed by atoms with Gasteiger partial charge in [-0.1, -0.05) is 29.8 Å². The Labute approximate surface area is 177 Å². The molecule has 0 aromatic heterocycles. The number of benzene rings is 2. The molecule has 0 aliphatic heterocycles. The van der Waals surface area contributed by atoms with E-state index >= 15 is 0 Å². The lowest BCUT2D eigenvalue weighted by Crippen LogP contribution is -2.15. The predicted molar refractivity (Wildman–Crippen MR) is 113 cm³/mol. The molecule has 28 heavy (non-hydrogen) atoms. The van der Waals surface area contributed by atoms with Crippen LogP contribution in [-0.4, -0.2) is 24.9 Å². The van der Waals surface area contributed by atoms with E-state index in [0.29, 0.717) is 35.2 Å². The van der Waals surface area contributed by atoms with Crippen LogP contribution in [0.1, 0.15) is 37.3 Å². The highest BCUT2D eigenvalue weighted by Gasteiger charge is 2.14. The van der Waals surface area contributed by atoms with E-state index in [9.17, 15) is 4.39 Å². The molecule has 0 saturated heterocycles. The predicted octanol–water partition coefficient (Wildman–Crippen LogP) is 5.13. The van der Waals surface area contributed by atoms with Crippen LogP contribution < -0.4 is 14.8 Å². The van der Waals surface area contributed by atoms with Crippen LogP contribution in [-0.2, 0) is 13.2 Å². The van der Waals surface area contributed by atoms with E-state index < -0.39 is 0 Å². The van der Waals surface area contributed by atoms with Gasteiger partial charge in [-0.3, -0.25) is 0 Å². The zero-order valence-corrected chi connectivity index (χ0v) is 17.6. The molecule has 0 fully saturated rings. The SMILES string of the molecule is CCOc1cc(CNCCCCCO)cc(Cl)c1OCc1ccccc1F.Cl. The van der Waals surface area contributed by atoms with E-state index in [4.69, 9.17) is 26.2 Å². The molecule has 0 radical (unpaired) electrons. The third kappa shape index (κ3) is 7.84. The number of ether oxygens (including phenoxy) is 2. The van der Waals surface area contributed by atoms with Gasteiger partial charge >= 0.3 is 0 Å². The Morgan fingerprint density at radius 2 is 1.89 bits per heavy atom. The molecule has 0 atom stereocenters. The Balaban J connectivity index is 0.00000392. The fraction of sp³-hybridized carbons (Fsp3) is 0.429. The maximum Gasteiger partial charge on any atom is 0.180 e. The minimum Gasteiger partial charge on any atom is -0.490 e. The van der Waals surface area contributed by atoms with Gasteiger partial charge in [-0.25, -0.2) is 4.39 Å². The van der Waals surface area contributed by atoms with Crippen LogP contribution in [0, 0.1) is 5.82 Å². The van der Waals surface area contributed by atoms with E-state index in [1.165, 1.54) is 6.07 Å². The van der Waals surface area contributed by atoms with Gasteiger partial charge in [-0.15, -0.1) is 12.4 Å². The van der Waals surface area contributed by atoms with Crippen molar-refractivity contribution in [2.45, 2.75) is 39.3 Å². The van der Waals surface area contributed by atoms with Crippen molar-refractivity contribution in [1.29, 1.82) is 0 Å². The maximum atomic E-state index is 13.8. The van der Waals surface area contributed by atoms with Gasteiger partial charge in [0.05, 0.1) is 11.6 Å². The van der Waals surface area contributed by atoms with Crippen LogP contribution in [0.15, 0.2) is 36.4 Å². The summed E-state index contributed by atoms with van der Waals surface area (Å²) in [6.07, 6.45) is 2.84. The number of hydrogen-bond donors (Lipinski definition) is 2. The smallest absolute Gasteiger partial charge is 0.180 e. The molecule has 0 amide bonds. The summed E-state index contributed by atoms with van der Waals surface area (Å²) in [4.78, 5) is 0. The van der Waals surface area contributed by atoms with E-state index in [-0.39, 0.29) is 31.4 Å². The number of halogens is 3. The second kappa shape index (κ2) is 13.6. The van der Waals surface area contributed by atoms with Crippen molar-refractivity contribution >= 4 is 24.0 Å². The monoisotopic (exact) mass is 431 g/mol. The highest BCUT2D eigenvalue weighted by molar-refractivity contribution is 6.32. The number of aliphatic hydroxyl groups excluding tert-OH is 1. The van der Waals surface area contributed by atoms with Crippen molar-refractivity contribution in [3.05, 3.63) is 58.4 Å². The van der Waals surface area contributed by atoms with Gasteiger partial charge in [0.25, 0.3) is 0 Å². The van der Waals surface area contributed by atoms with E-state index in [1.54, 1.807) is 18.2 Å². The van der Waals surface area contributed by atoms with Crippen LogP contribution in [0.4, 0.5) is 4.39 Å². The summed E-state index contributed by atoms with van der Waals surface area (Å²) in [5, 5.41) is 12.6. The molecule has 0 bridgehead atoms. The van der Waals surface area contributed by atoms with E-state index in [1.807, 2.05) is 19.1 Å². The van der Waals surface area contributed by atoms with Crippen molar-refractivity contribution < 1.29 is 19.0 Å². The van der Waals surface area contributed by atoms with Gasteiger partial charge in [0.1, 0.15) is 12.4 Å². The summed E-state index contributed by atoms with van der Waals surface area (Å²) in [6.45, 7) is 4.21. The zero-order chi connectivity index (χ0) is 19.5. The van der Waals surface area contributed by atoms with Crippen LogP contribution in [0.25, 0.3) is 0 Å². The maximum absolute atomic E-state index is 13.8. The molecule has 2 aromatic rings. The Morgan fingerprint density at radius 3 is 2.61 bits per heavy atom. The van der Waals surface area contributed by atoms with Crippen molar-refractivity contribution in [2.24, 2.45) is 0 Å². The lowest BCUT2D eigenvalue weighted by Gasteiger charge is -2.16. The number of aliphatic hydroxyl groups is 1. The molecular formula is C21H28Cl2FNO3. The lowest BCUT2D eigenvalue weighted by atomic mass is 10.2. The summed E-state index contributed by atoms with van der Waals surface area (Å²) in [5.74, 6) is 0.667. The van der Waals surface area contributed by atoms with Crippen molar-refractivity contribution in [3.63, 3.8) is 0 Å². The minimum absolute atomic E-state index is 0. The Kier molecular flexibility index (Phi) is 11.9. The molecule has 2 N–H and O–H groups in total. The van der Waals surface area contributed by atoms with Crippen LogP contribution >= 0.6 is 24.0 Å². The molecule has 156 valence electrons. The first-order chi connectivity index (χ1) is 13.2. The van der Waals surface area contributed by atoms with E-state index in [2.05, 4.69) is 5.32 Å². The topological polar surface area (TPSA) is 50.7 Å². The fourth-order valence-corrected chi connectivity index (χ4v) is 2.95. The molecule has 0 aliphatic carbocycles. The summed E-state index contributed by atoms with van der Waals surface area (Å²) in [6, 6.07) is 10.2. The van der Waals surface area contributed by atoms with Gasteiger partial charge in [-0.05, 0) is 56.5 Å². The number of nitrogens with one attached hydrogen (secondary N) is 1.